The van der Waals surface area contributed by atoms with Crippen LogP contribution in [0.2, 0.25) is 0 Å². The van der Waals surface area contributed by atoms with Gasteiger partial charge in [0.2, 0.25) is 0 Å². The van der Waals surface area contributed by atoms with Crippen LogP contribution in [-0.4, -0.2) is 39.1 Å². The SMILES string of the molecule is CCCCCCCCN(C)C(=O)c1ccsc1S(C)(=O)=O. The van der Waals surface area contributed by atoms with Crippen molar-refractivity contribution in [2.45, 2.75) is 49.7 Å². The molecule has 0 N–H and O–H groups in total. The molecule has 0 aliphatic carbocycles. The predicted octanol–water partition coefficient (Wildman–Crippen LogP) is 3.58. The number of rotatable bonds is 9. The van der Waals surface area contributed by atoms with Gasteiger partial charge in [-0.2, -0.15) is 0 Å². The van der Waals surface area contributed by atoms with E-state index in [9.17, 15) is 13.2 Å². The first-order valence-corrected chi connectivity index (χ1v) is 10.2. The van der Waals surface area contributed by atoms with Crippen molar-refractivity contribution < 1.29 is 13.2 Å². The minimum absolute atomic E-state index is 0.169. The molecular formula is C15H25NO3S2. The lowest BCUT2D eigenvalue weighted by molar-refractivity contribution is 0.0789. The van der Waals surface area contributed by atoms with Crippen molar-refractivity contribution in [2.24, 2.45) is 0 Å². The molecule has 0 saturated carbocycles. The second-order valence-corrected chi connectivity index (χ2v) is 8.52. The number of hydrogen-bond acceptors (Lipinski definition) is 4. The summed E-state index contributed by atoms with van der Waals surface area (Å²) < 4.78 is 23.5. The second kappa shape index (κ2) is 8.54. The van der Waals surface area contributed by atoms with Gasteiger partial charge in [-0.3, -0.25) is 4.79 Å². The Kier molecular flexibility index (Phi) is 7.39. The van der Waals surface area contributed by atoms with Gasteiger partial charge >= 0.3 is 0 Å². The molecular weight excluding hydrogens is 306 g/mol. The second-order valence-electron chi connectivity index (χ2n) is 5.39. The predicted molar refractivity (Wildman–Crippen MR) is 87.8 cm³/mol. The molecule has 0 aliphatic heterocycles. The van der Waals surface area contributed by atoms with Crippen LogP contribution in [0.15, 0.2) is 15.7 Å². The van der Waals surface area contributed by atoms with Crippen LogP contribution in [0, 0.1) is 0 Å². The van der Waals surface area contributed by atoms with Gasteiger partial charge < -0.3 is 4.90 Å². The molecule has 0 aliphatic rings. The Bertz CT molecular complexity index is 549. The van der Waals surface area contributed by atoms with E-state index in [-0.39, 0.29) is 10.1 Å². The quantitative estimate of drug-likeness (QED) is 0.650. The zero-order valence-corrected chi connectivity index (χ0v) is 14.7. The van der Waals surface area contributed by atoms with Crippen molar-refractivity contribution in [2.75, 3.05) is 19.8 Å². The number of carbonyl (C=O) groups excluding carboxylic acids is 1. The lowest BCUT2D eigenvalue weighted by Gasteiger charge is -2.17. The van der Waals surface area contributed by atoms with E-state index in [4.69, 9.17) is 0 Å². The molecule has 0 fully saturated rings. The van der Waals surface area contributed by atoms with Crippen molar-refractivity contribution in [3.63, 3.8) is 0 Å². The number of unbranched alkanes of at least 4 members (excludes halogenated alkanes) is 5. The summed E-state index contributed by atoms with van der Waals surface area (Å²) in [5.41, 5.74) is 0.302. The molecule has 0 saturated heterocycles. The summed E-state index contributed by atoms with van der Waals surface area (Å²) in [5, 5.41) is 1.65. The lowest BCUT2D eigenvalue weighted by Crippen LogP contribution is -2.28. The van der Waals surface area contributed by atoms with Crippen molar-refractivity contribution >= 4 is 27.1 Å². The van der Waals surface area contributed by atoms with Crippen LogP contribution >= 0.6 is 11.3 Å². The Balaban J connectivity index is 2.50. The van der Waals surface area contributed by atoms with E-state index in [1.165, 1.54) is 25.7 Å². The summed E-state index contributed by atoms with van der Waals surface area (Å²) in [6, 6.07) is 1.60. The topological polar surface area (TPSA) is 54.5 Å². The van der Waals surface area contributed by atoms with E-state index < -0.39 is 9.84 Å². The Hall–Kier alpha value is -0.880. The minimum Gasteiger partial charge on any atom is -0.342 e. The Morgan fingerprint density at radius 1 is 1.19 bits per heavy atom. The molecule has 0 spiro atoms. The fourth-order valence-corrected chi connectivity index (χ4v) is 4.21. The molecule has 0 radical (unpaired) electrons. The van der Waals surface area contributed by atoms with E-state index in [0.717, 1.165) is 30.4 Å². The standard InChI is InChI=1S/C15H25NO3S2/c1-4-5-6-7-8-9-11-16(2)14(17)13-10-12-20-15(13)21(3,18)19/h10,12H,4-9,11H2,1-3H3. The third-order valence-electron chi connectivity index (χ3n) is 3.39. The molecule has 4 nitrogen and oxygen atoms in total. The Morgan fingerprint density at radius 2 is 1.81 bits per heavy atom. The average molecular weight is 332 g/mol. The monoisotopic (exact) mass is 331 g/mol. The molecule has 1 rings (SSSR count). The van der Waals surface area contributed by atoms with E-state index in [2.05, 4.69) is 6.92 Å². The highest BCUT2D eigenvalue weighted by atomic mass is 32.2. The summed E-state index contributed by atoms with van der Waals surface area (Å²) in [7, 11) is -1.60. The van der Waals surface area contributed by atoms with Gasteiger partial charge in [0.1, 0.15) is 4.21 Å². The number of hydrogen-bond donors (Lipinski definition) is 0. The van der Waals surface area contributed by atoms with Crippen LogP contribution in [0.3, 0.4) is 0 Å². The maximum absolute atomic E-state index is 12.3. The van der Waals surface area contributed by atoms with E-state index in [1.807, 2.05) is 0 Å². The largest absolute Gasteiger partial charge is 0.342 e. The first-order chi connectivity index (χ1) is 9.88. The van der Waals surface area contributed by atoms with Gasteiger partial charge in [0.05, 0.1) is 5.56 Å². The third-order valence-corrected chi connectivity index (χ3v) is 6.19. The average Bonchev–Trinajstić information content (AvgIpc) is 2.90. The molecule has 0 unspecified atom stereocenters. The molecule has 0 atom stereocenters. The van der Waals surface area contributed by atoms with Crippen LogP contribution in [0.4, 0.5) is 0 Å². The van der Waals surface area contributed by atoms with Crippen LogP contribution in [-0.2, 0) is 9.84 Å². The van der Waals surface area contributed by atoms with Crippen LogP contribution in [0.1, 0.15) is 55.8 Å². The van der Waals surface area contributed by atoms with E-state index >= 15 is 0 Å². The van der Waals surface area contributed by atoms with Crippen LogP contribution in [0.25, 0.3) is 0 Å². The summed E-state index contributed by atoms with van der Waals surface area (Å²) in [5.74, 6) is -0.203. The fraction of sp³-hybridized carbons (Fsp3) is 0.667. The first-order valence-electron chi connectivity index (χ1n) is 7.41. The molecule has 0 aromatic carbocycles. The summed E-state index contributed by atoms with van der Waals surface area (Å²) in [6.07, 6.45) is 8.15. The Morgan fingerprint density at radius 3 is 2.43 bits per heavy atom. The van der Waals surface area contributed by atoms with Gasteiger partial charge in [0.15, 0.2) is 9.84 Å². The summed E-state index contributed by atoms with van der Waals surface area (Å²) >= 11 is 1.10. The molecule has 1 heterocycles. The van der Waals surface area contributed by atoms with Crippen molar-refractivity contribution in [3.05, 3.63) is 17.0 Å². The zero-order chi connectivity index (χ0) is 15.9. The van der Waals surface area contributed by atoms with Gasteiger partial charge in [-0.1, -0.05) is 39.0 Å². The summed E-state index contributed by atoms with van der Waals surface area (Å²) in [6.45, 7) is 2.86. The number of sulfone groups is 1. The molecule has 0 bridgehead atoms. The molecule has 21 heavy (non-hydrogen) atoms. The molecule has 1 amide bonds. The van der Waals surface area contributed by atoms with Crippen molar-refractivity contribution in [3.8, 4) is 0 Å². The maximum Gasteiger partial charge on any atom is 0.255 e. The van der Waals surface area contributed by atoms with Crippen molar-refractivity contribution in [1.29, 1.82) is 0 Å². The highest BCUT2D eigenvalue weighted by Crippen LogP contribution is 2.23. The van der Waals surface area contributed by atoms with E-state index in [1.54, 1.807) is 23.4 Å². The molecule has 6 heteroatoms. The lowest BCUT2D eigenvalue weighted by atomic mass is 10.1. The minimum atomic E-state index is -3.33. The maximum atomic E-state index is 12.3. The third kappa shape index (κ3) is 5.79. The molecule has 1 aromatic heterocycles. The number of thiophene rings is 1. The van der Waals surface area contributed by atoms with Gasteiger partial charge in [-0.25, -0.2) is 8.42 Å². The normalized spacial score (nSPS) is 11.6. The molecule has 1 aromatic rings. The number of amides is 1. The highest BCUT2D eigenvalue weighted by molar-refractivity contribution is 7.92. The van der Waals surface area contributed by atoms with Crippen LogP contribution < -0.4 is 0 Å². The number of carbonyl (C=O) groups is 1. The smallest absolute Gasteiger partial charge is 0.255 e. The molecule has 120 valence electrons. The zero-order valence-electron chi connectivity index (χ0n) is 13.1. The van der Waals surface area contributed by atoms with Crippen LogP contribution in [0.5, 0.6) is 0 Å². The summed E-state index contributed by atoms with van der Waals surface area (Å²) in [4.78, 5) is 13.9. The Labute approximate surface area is 132 Å². The number of nitrogens with zero attached hydrogens (tertiary/aromatic N) is 1. The van der Waals surface area contributed by atoms with Gasteiger partial charge in [0, 0.05) is 19.8 Å². The van der Waals surface area contributed by atoms with Gasteiger partial charge in [-0.15, -0.1) is 11.3 Å². The van der Waals surface area contributed by atoms with Gasteiger partial charge in [-0.05, 0) is 17.9 Å². The first kappa shape index (κ1) is 18.2. The fourth-order valence-electron chi connectivity index (χ4n) is 2.18. The van der Waals surface area contributed by atoms with Crippen molar-refractivity contribution in [1.82, 2.24) is 4.90 Å². The highest BCUT2D eigenvalue weighted by Gasteiger charge is 2.22. The van der Waals surface area contributed by atoms with E-state index in [0.29, 0.717) is 12.1 Å². The van der Waals surface area contributed by atoms with Gasteiger partial charge in [0.25, 0.3) is 5.91 Å².